The first kappa shape index (κ1) is 15.4. The van der Waals surface area contributed by atoms with Crippen molar-refractivity contribution in [2.24, 2.45) is 0 Å². The molecule has 0 spiro atoms. The second kappa shape index (κ2) is 8.53. The molecule has 0 rings (SSSR count). The summed E-state index contributed by atoms with van der Waals surface area (Å²) in [6, 6.07) is 0. The minimum atomic E-state index is -0.626. The van der Waals surface area contributed by atoms with Crippen molar-refractivity contribution < 1.29 is 14.3 Å². The molecule has 0 aromatic rings. The Kier molecular flexibility index (Phi) is 8.21. The van der Waals surface area contributed by atoms with Crippen LogP contribution in [0.2, 0.25) is 0 Å². The zero-order valence-corrected chi connectivity index (χ0v) is 11.0. The molecule has 0 aromatic heterocycles. The quantitative estimate of drug-likeness (QED) is 0.485. The molecule has 0 fully saturated rings. The zero-order chi connectivity index (χ0) is 12.4. The third-order valence-electron chi connectivity index (χ3n) is 2.50. The molecule has 0 radical (unpaired) electrons. The monoisotopic (exact) mass is 231 g/mol. The van der Waals surface area contributed by atoms with Crippen molar-refractivity contribution in [3.63, 3.8) is 0 Å². The molecule has 16 heavy (non-hydrogen) atoms. The van der Waals surface area contributed by atoms with Gasteiger partial charge in [-0.05, 0) is 32.7 Å². The number of hydrogen-bond donors (Lipinski definition) is 1. The predicted octanol–water partition coefficient (Wildman–Crippen LogP) is 1.73. The molecule has 0 saturated carbocycles. The molecule has 1 N–H and O–H groups in total. The number of esters is 1. The lowest BCUT2D eigenvalue weighted by atomic mass is 9.98. The first-order valence-electron chi connectivity index (χ1n) is 6.02. The number of rotatable bonds is 9. The summed E-state index contributed by atoms with van der Waals surface area (Å²) in [5, 5.41) is 3.22. The lowest BCUT2D eigenvalue weighted by Crippen LogP contribution is -2.51. The number of nitrogens with one attached hydrogen (secondary N) is 1. The Labute approximate surface area is 98.7 Å². The molecule has 1 atom stereocenters. The summed E-state index contributed by atoms with van der Waals surface area (Å²) < 4.78 is 10.2. The fourth-order valence-corrected chi connectivity index (χ4v) is 1.41. The zero-order valence-electron chi connectivity index (χ0n) is 11.0. The maximum atomic E-state index is 11.7. The Morgan fingerprint density at radius 3 is 2.44 bits per heavy atom. The highest BCUT2D eigenvalue weighted by molar-refractivity contribution is 5.80. The van der Waals surface area contributed by atoms with Crippen LogP contribution in [0.15, 0.2) is 0 Å². The van der Waals surface area contributed by atoms with Crippen LogP contribution in [0.4, 0.5) is 0 Å². The van der Waals surface area contributed by atoms with Crippen molar-refractivity contribution in [3.05, 3.63) is 0 Å². The van der Waals surface area contributed by atoms with E-state index in [1.165, 1.54) is 7.11 Å². The van der Waals surface area contributed by atoms with Gasteiger partial charge in [0.2, 0.25) is 0 Å². The molecule has 0 aliphatic carbocycles. The Morgan fingerprint density at radius 2 is 1.94 bits per heavy atom. The molecule has 0 amide bonds. The van der Waals surface area contributed by atoms with Crippen LogP contribution in [0.3, 0.4) is 0 Å². The van der Waals surface area contributed by atoms with Crippen molar-refractivity contribution in [3.8, 4) is 0 Å². The van der Waals surface area contributed by atoms with Gasteiger partial charge in [0.25, 0.3) is 0 Å². The number of hydrogen-bond acceptors (Lipinski definition) is 4. The van der Waals surface area contributed by atoms with Crippen LogP contribution in [0.25, 0.3) is 0 Å². The van der Waals surface area contributed by atoms with Crippen LogP contribution >= 0.6 is 0 Å². The van der Waals surface area contributed by atoms with Gasteiger partial charge in [0.05, 0.1) is 7.11 Å². The van der Waals surface area contributed by atoms with E-state index in [1.54, 1.807) is 0 Å². The van der Waals surface area contributed by atoms with Crippen LogP contribution in [0.1, 0.15) is 40.0 Å². The SMILES string of the molecule is CCCNC(C)(CCOCCC)C(=O)OC. The van der Waals surface area contributed by atoms with Crippen LogP contribution in [0, 0.1) is 0 Å². The fourth-order valence-electron chi connectivity index (χ4n) is 1.41. The minimum Gasteiger partial charge on any atom is -0.468 e. The lowest BCUT2D eigenvalue weighted by Gasteiger charge is -2.27. The number of ether oxygens (including phenoxy) is 2. The van der Waals surface area contributed by atoms with Gasteiger partial charge in [-0.15, -0.1) is 0 Å². The molecule has 4 heteroatoms. The molecule has 1 unspecified atom stereocenters. The highest BCUT2D eigenvalue weighted by Gasteiger charge is 2.33. The van der Waals surface area contributed by atoms with E-state index in [0.29, 0.717) is 13.0 Å². The highest BCUT2D eigenvalue weighted by Crippen LogP contribution is 2.12. The van der Waals surface area contributed by atoms with Gasteiger partial charge in [-0.25, -0.2) is 0 Å². The standard InChI is InChI=1S/C12H25NO3/c1-5-8-13-12(3,11(14)15-4)7-10-16-9-6-2/h13H,5-10H2,1-4H3. The molecule has 0 heterocycles. The highest BCUT2D eigenvalue weighted by atomic mass is 16.5. The van der Waals surface area contributed by atoms with Crippen LogP contribution < -0.4 is 5.32 Å². The summed E-state index contributed by atoms with van der Waals surface area (Å²) in [6.07, 6.45) is 2.62. The van der Waals surface area contributed by atoms with Gasteiger partial charge in [0.15, 0.2) is 0 Å². The molecular formula is C12H25NO3. The van der Waals surface area contributed by atoms with Crippen molar-refractivity contribution in [1.29, 1.82) is 0 Å². The Morgan fingerprint density at radius 1 is 1.25 bits per heavy atom. The average Bonchev–Trinajstić information content (AvgIpc) is 2.31. The number of methoxy groups -OCH3 is 1. The first-order valence-corrected chi connectivity index (χ1v) is 6.02. The van der Waals surface area contributed by atoms with Gasteiger partial charge in [0.1, 0.15) is 5.54 Å². The van der Waals surface area contributed by atoms with E-state index in [-0.39, 0.29) is 5.97 Å². The third kappa shape index (κ3) is 5.47. The van der Waals surface area contributed by atoms with Gasteiger partial charge in [-0.2, -0.15) is 0 Å². The van der Waals surface area contributed by atoms with Gasteiger partial charge in [0, 0.05) is 13.2 Å². The van der Waals surface area contributed by atoms with Crippen LogP contribution in [0.5, 0.6) is 0 Å². The summed E-state index contributed by atoms with van der Waals surface area (Å²) in [5.74, 6) is -0.221. The van der Waals surface area contributed by atoms with Crippen molar-refractivity contribution in [2.75, 3.05) is 26.9 Å². The maximum absolute atomic E-state index is 11.7. The molecule has 0 aromatic carbocycles. The van der Waals surface area contributed by atoms with Crippen LogP contribution in [-0.4, -0.2) is 38.4 Å². The summed E-state index contributed by atoms with van der Waals surface area (Å²) in [7, 11) is 1.42. The molecule has 96 valence electrons. The lowest BCUT2D eigenvalue weighted by molar-refractivity contribution is -0.148. The second-order valence-electron chi connectivity index (χ2n) is 4.11. The van der Waals surface area contributed by atoms with Crippen LogP contribution in [-0.2, 0) is 14.3 Å². The van der Waals surface area contributed by atoms with E-state index < -0.39 is 5.54 Å². The maximum Gasteiger partial charge on any atom is 0.325 e. The number of carbonyl (C=O) groups is 1. The summed E-state index contributed by atoms with van der Waals surface area (Å²) in [4.78, 5) is 11.7. The van der Waals surface area contributed by atoms with Gasteiger partial charge < -0.3 is 14.8 Å². The van der Waals surface area contributed by atoms with Gasteiger partial charge in [-0.3, -0.25) is 4.79 Å². The molecular weight excluding hydrogens is 206 g/mol. The number of carbonyl (C=O) groups excluding carboxylic acids is 1. The van der Waals surface area contributed by atoms with Crippen molar-refractivity contribution in [1.82, 2.24) is 5.32 Å². The average molecular weight is 231 g/mol. The summed E-state index contributed by atoms with van der Waals surface area (Å²) in [5.41, 5.74) is -0.626. The van der Waals surface area contributed by atoms with E-state index >= 15 is 0 Å². The Hall–Kier alpha value is -0.610. The minimum absolute atomic E-state index is 0.221. The van der Waals surface area contributed by atoms with E-state index in [2.05, 4.69) is 19.2 Å². The third-order valence-corrected chi connectivity index (χ3v) is 2.50. The summed E-state index contributed by atoms with van der Waals surface area (Å²) in [6.45, 7) is 8.12. The molecule has 4 nitrogen and oxygen atoms in total. The molecule has 0 saturated heterocycles. The largest absolute Gasteiger partial charge is 0.468 e. The fraction of sp³-hybridized carbons (Fsp3) is 0.917. The van der Waals surface area contributed by atoms with E-state index in [0.717, 1.165) is 26.0 Å². The smallest absolute Gasteiger partial charge is 0.325 e. The molecule has 0 bridgehead atoms. The van der Waals surface area contributed by atoms with Gasteiger partial charge >= 0.3 is 5.97 Å². The first-order chi connectivity index (χ1) is 7.60. The van der Waals surface area contributed by atoms with E-state index in [1.807, 2.05) is 6.92 Å². The normalized spacial score (nSPS) is 14.5. The second-order valence-corrected chi connectivity index (χ2v) is 4.11. The van der Waals surface area contributed by atoms with Crippen molar-refractivity contribution in [2.45, 2.75) is 45.6 Å². The van der Waals surface area contributed by atoms with E-state index in [9.17, 15) is 4.79 Å². The topological polar surface area (TPSA) is 47.6 Å². The van der Waals surface area contributed by atoms with Gasteiger partial charge in [-0.1, -0.05) is 13.8 Å². The summed E-state index contributed by atoms with van der Waals surface area (Å²) >= 11 is 0. The molecule has 0 aliphatic heterocycles. The predicted molar refractivity (Wildman–Crippen MR) is 64.4 cm³/mol. The Bertz CT molecular complexity index is 197. The Balaban J connectivity index is 4.13. The van der Waals surface area contributed by atoms with Crippen molar-refractivity contribution >= 4 is 5.97 Å². The molecule has 0 aliphatic rings. The van der Waals surface area contributed by atoms with E-state index in [4.69, 9.17) is 9.47 Å².